The highest BCUT2D eigenvalue weighted by Gasteiger charge is 2.26. The molecule has 5 aromatic rings. The Hall–Kier alpha value is -5.29. The standard InChI is InChI=1S/C34H32BrN7O3/c35-27-8-1-4-22(16-27)20-42-21-30(29-11-10-24(19-31(29)42)23-5-2-6-25(17-23)32(36)38-44)34(43)41-14-12-40(13-15-41)28-9-3-7-26(18-28)33(37)39-45/h1-11,16-19,21,44-45H,12-15,20H2,(H2,36,38)(H2,37,39). The molecule has 1 aromatic heterocycles. The number of hydrogen-bond acceptors (Lipinski definition) is 6. The smallest absolute Gasteiger partial charge is 0.256 e. The first kappa shape index (κ1) is 29.8. The summed E-state index contributed by atoms with van der Waals surface area (Å²) in [5.41, 5.74) is 18.4. The summed E-state index contributed by atoms with van der Waals surface area (Å²) >= 11 is 3.57. The van der Waals surface area contributed by atoms with E-state index in [-0.39, 0.29) is 17.6 Å². The highest BCUT2D eigenvalue weighted by Crippen LogP contribution is 2.31. The van der Waals surface area contributed by atoms with E-state index in [1.54, 1.807) is 12.1 Å². The number of amides is 1. The van der Waals surface area contributed by atoms with Crippen molar-refractivity contribution in [1.82, 2.24) is 9.47 Å². The second kappa shape index (κ2) is 12.7. The molecule has 0 aliphatic carbocycles. The van der Waals surface area contributed by atoms with Crippen molar-refractivity contribution in [1.29, 1.82) is 0 Å². The maximum Gasteiger partial charge on any atom is 0.256 e. The molecule has 10 nitrogen and oxygen atoms in total. The number of benzene rings is 4. The maximum absolute atomic E-state index is 14.0. The van der Waals surface area contributed by atoms with E-state index in [1.807, 2.05) is 71.8 Å². The highest BCUT2D eigenvalue weighted by molar-refractivity contribution is 9.10. The van der Waals surface area contributed by atoms with E-state index < -0.39 is 0 Å². The van der Waals surface area contributed by atoms with Crippen LogP contribution in [0.15, 0.2) is 112 Å². The van der Waals surface area contributed by atoms with Gasteiger partial charge in [-0.1, -0.05) is 80.8 Å². The number of carbonyl (C=O) groups excluding carboxylic acids is 1. The fraction of sp³-hybridized carbons (Fsp3) is 0.147. The molecule has 1 fully saturated rings. The van der Waals surface area contributed by atoms with Crippen LogP contribution in [0.2, 0.25) is 0 Å². The lowest BCUT2D eigenvalue weighted by molar-refractivity contribution is 0.0748. The molecule has 1 aliphatic heterocycles. The van der Waals surface area contributed by atoms with Crippen molar-refractivity contribution in [3.8, 4) is 11.1 Å². The Balaban J connectivity index is 1.31. The van der Waals surface area contributed by atoms with Crippen molar-refractivity contribution in [3.63, 3.8) is 0 Å². The number of hydrogen-bond donors (Lipinski definition) is 4. The van der Waals surface area contributed by atoms with Crippen LogP contribution in [0.4, 0.5) is 5.69 Å². The van der Waals surface area contributed by atoms with E-state index in [1.165, 1.54) is 0 Å². The lowest BCUT2D eigenvalue weighted by atomic mass is 10.0. The number of fused-ring (bicyclic) bond motifs is 1. The summed E-state index contributed by atoms with van der Waals surface area (Å²) in [6.45, 7) is 3.01. The zero-order valence-electron chi connectivity index (χ0n) is 24.3. The molecule has 0 saturated carbocycles. The molecule has 1 saturated heterocycles. The maximum atomic E-state index is 14.0. The van der Waals surface area contributed by atoms with Crippen LogP contribution in [0.1, 0.15) is 27.0 Å². The lowest BCUT2D eigenvalue weighted by Crippen LogP contribution is -2.48. The largest absolute Gasteiger partial charge is 0.409 e. The predicted molar refractivity (Wildman–Crippen MR) is 180 cm³/mol. The van der Waals surface area contributed by atoms with Crippen molar-refractivity contribution in [2.45, 2.75) is 6.54 Å². The molecule has 6 N–H and O–H groups in total. The predicted octanol–water partition coefficient (Wildman–Crippen LogP) is 5.27. The molecule has 0 atom stereocenters. The summed E-state index contributed by atoms with van der Waals surface area (Å²) < 4.78 is 3.11. The summed E-state index contributed by atoms with van der Waals surface area (Å²) in [5.74, 6) is 0.0865. The van der Waals surface area contributed by atoms with Crippen LogP contribution < -0.4 is 16.4 Å². The third-order valence-corrected chi connectivity index (χ3v) is 8.63. The summed E-state index contributed by atoms with van der Waals surface area (Å²) in [6, 6.07) is 29.3. The first-order chi connectivity index (χ1) is 21.8. The van der Waals surface area contributed by atoms with Crippen LogP contribution in [0.5, 0.6) is 0 Å². The van der Waals surface area contributed by atoms with Crippen LogP contribution >= 0.6 is 15.9 Å². The fourth-order valence-electron chi connectivity index (χ4n) is 5.78. The minimum Gasteiger partial charge on any atom is -0.409 e. The van der Waals surface area contributed by atoms with Crippen LogP contribution in [-0.2, 0) is 6.54 Å². The summed E-state index contributed by atoms with van der Waals surface area (Å²) in [4.78, 5) is 18.1. The molecular weight excluding hydrogens is 634 g/mol. The van der Waals surface area contributed by atoms with Crippen molar-refractivity contribution >= 4 is 50.1 Å². The Morgan fingerprint density at radius 1 is 0.778 bits per heavy atom. The second-order valence-corrected chi connectivity index (χ2v) is 11.8. The van der Waals surface area contributed by atoms with Crippen LogP contribution in [0, 0.1) is 0 Å². The van der Waals surface area contributed by atoms with E-state index in [0.717, 1.165) is 37.8 Å². The molecule has 1 amide bonds. The first-order valence-corrected chi connectivity index (χ1v) is 15.2. The van der Waals surface area contributed by atoms with Crippen LogP contribution in [0.25, 0.3) is 22.0 Å². The van der Waals surface area contributed by atoms with Crippen molar-refractivity contribution in [3.05, 3.63) is 124 Å². The molecule has 0 bridgehead atoms. The first-order valence-electron chi connectivity index (χ1n) is 14.4. The molecule has 1 aliphatic rings. The molecule has 45 heavy (non-hydrogen) atoms. The molecule has 0 spiro atoms. The Kier molecular flexibility index (Phi) is 8.43. The molecule has 228 valence electrons. The van der Waals surface area contributed by atoms with Gasteiger partial charge >= 0.3 is 0 Å². The van der Waals surface area contributed by atoms with Gasteiger partial charge in [-0.05, 0) is 53.1 Å². The van der Waals surface area contributed by atoms with Gasteiger partial charge in [0.1, 0.15) is 0 Å². The molecule has 2 heterocycles. The van der Waals surface area contributed by atoms with Gasteiger partial charge in [0.25, 0.3) is 5.91 Å². The van der Waals surface area contributed by atoms with Crippen LogP contribution in [0.3, 0.4) is 0 Å². The minimum atomic E-state index is -0.0141. The number of rotatable bonds is 7. The van der Waals surface area contributed by atoms with Gasteiger partial charge in [0.15, 0.2) is 11.7 Å². The van der Waals surface area contributed by atoms with Crippen molar-refractivity contribution < 1.29 is 15.2 Å². The fourth-order valence-corrected chi connectivity index (χ4v) is 6.22. The Labute approximate surface area is 268 Å². The number of anilines is 1. The SMILES string of the molecule is N/C(=N\O)c1cccc(-c2ccc3c(C(=O)N4CCN(c5cccc(/C(N)=N/O)c5)CC4)cn(Cc4cccc(Br)c4)c3c2)c1. The lowest BCUT2D eigenvalue weighted by Gasteiger charge is -2.36. The second-order valence-electron chi connectivity index (χ2n) is 10.9. The number of oxime groups is 2. The van der Waals surface area contributed by atoms with Crippen LogP contribution in [-0.4, -0.2) is 63.6 Å². The monoisotopic (exact) mass is 665 g/mol. The van der Waals surface area contributed by atoms with Gasteiger partial charge < -0.3 is 36.2 Å². The summed E-state index contributed by atoms with van der Waals surface area (Å²) in [5, 5.41) is 25.3. The Morgan fingerprint density at radius 3 is 2.16 bits per heavy atom. The van der Waals surface area contributed by atoms with E-state index in [2.05, 4.69) is 53.9 Å². The van der Waals surface area contributed by atoms with Gasteiger partial charge in [0.2, 0.25) is 0 Å². The molecule has 11 heteroatoms. The molecule has 0 radical (unpaired) electrons. The van der Waals surface area contributed by atoms with E-state index in [4.69, 9.17) is 21.9 Å². The number of aromatic nitrogens is 1. The quantitative estimate of drug-likeness (QED) is 0.0806. The van der Waals surface area contributed by atoms with Gasteiger partial charge in [0.05, 0.1) is 5.56 Å². The average molecular weight is 667 g/mol. The molecular formula is C34H32BrN7O3. The normalized spacial score (nSPS) is 14.2. The van der Waals surface area contributed by atoms with Gasteiger partial charge in [0, 0.05) is 71.1 Å². The zero-order chi connectivity index (χ0) is 31.5. The third-order valence-electron chi connectivity index (χ3n) is 8.14. The summed E-state index contributed by atoms with van der Waals surface area (Å²) in [7, 11) is 0. The van der Waals surface area contributed by atoms with Crippen molar-refractivity contribution in [2.24, 2.45) is 21.8 Å². The van der Waals surface area contributed by atoms with E-state index >= 15 is 0 Å². The number of nitrogens with zero attached hydrogens (tertiary/aromatic N) is 5. The number of halogens is 1. The van der Waals surface area contributed by atoms with Gasteiger partial charge in [-0.25, -0.2) is 0 Å². The van der Waals surface area contributed by atoms with E-state index in [9.17, 15) is 4.79 Å². The molecule has 6 rings (SSSR count). The van der Waals surface area contributed by atoms with E-state index in [0.29, 0.717) is 49.4 Å². The number of carbonyl (C=O) groups is 1. The third kappa shape index (κ3) is 6.20. The van der Waals surface area contributed by atoms with Crippen molar-refractivity contribution in [2.75, 3.05) is 31.1 Å². The molecule has 4 aromatic carbocycles. The minimum absolute atomic E-state index is 0.0141. The van der Waals surface area contributed by atoms with Gasteiger partial charge in [-0.3, -0.25) is 4.79 Å². The average Bonchev–Trinajstić information content (AvgIpc) is 3.44. The van der Waals surface area contributed by atoms with Gasteiger partial charge in [-0.2, -0.15) is 0 Å². The highest BCUT2D eigenvalue weighted by atomic mass is 79.9. The molecule has 0 unspecified atom stereocenters. The zero-order valence-corrected chi connectivity index (χ0v) is 25.9. The number of piperazine rings is 1. The number of amidine groups is 2. The summed E-state index contributed by atoms with van der Waals surface area (Å²) in [6.07, 6.45) is 1.96. The Morgan fingerprint density at radius 2 is 1.44 bits per heavy atom. The number of nitrogens with two attached hydrogens (primary N) is 2. The van der Waals surface area contributed by atoms with Gasteiger partial charge in [-0.15, -0.1) is 0 Å². The topological polar surface area (TPSA) is 146 Å². The Bertz CT molecular complexity index is 1940.